The van der Waals surface area contributed by atoms with Crippen LogP contribution in [0.5, 0.6) is 5.75 Å². The number of fused-ring (bicyclic) bond motifs is 2. The Kier molecular flexibility index (Phi) is 7.97. The van der Waals surface area contributed by atoms with Crippen molar-refractivity contribution in [3.63, 3.8) is 0 Å². The summed E-state index contributed by atoms with van der Waals surface area (Å²) >= 11 is 0. The van der Waals surface area contributed by atoms with Gasteiger partial charge in [-0.25, -0.2) is 9.78 Å². The number of hydrogen-bond acceptors (Lipinski definition) is 6. The predicted molar refractivity (Wildman–Crippen MR) is 160 cm³/mol. The molecule has 4 amide bonds. The van der Waals surface area contributed by atoms with Crippen LogP contribution in [0, 0.1) is 0 Å². The average molecular weight is 582 g/mol. The number of carbonyl (C=O) groups is 3. The van der Waals surface area contributed by atoms with Gasteiger partial charge in [0, 0.05) is 26.1 Å². The van der Waals surface area contributed by atoms with Crippen LogP contribution in [0.4, 0.5) is 4.79 Å². The Morgan fingerprint density at radius 1 is 1.05 bits per heavy atom. The summed E-state index contributed by atoms with van der Waals surface area (Å²) in [5.74, 6) is -0.235. The van der Waals surface area contributed by atoms with E-state index in [0.717, 1.165) is 27.7 Å². The van der Waals surface area contributed by atoms with Crippen molar-refractivity contribution < 1.29 is 19.5 Å². The maximum atomic E-state index is 14.1. The minimum absolute atomic E-state index is 0.00836. The zero-order valence-electron chi connectivity index (χ0n) is 24.0. The first-order chi connectivity index (χ1) is 20.9. The van der Waals surface area contributed by atoms with Crippen LogP contribution in [0.25, 0.3) is 11.0 Å². The van der Waals surface area contributed by atoms with Crippen LogP contribution in [0.3, 0.4) is 0 Å². The fourth-order valence-corrected chi connectivity index (χ4v) is 6.03. The molecule has 0 aliphatic carbocycles. The molecule has 3 aromatic carbocycles. The minimum atomic E-state index is -0.768. The van der Waals surface area contributed by atoms with E-state index in [4.69, 9.17) is 0 Å². The summed E-state index contributed by atoms with van der Waals surface area (Å²) in [5, 5.41) is 16.2. The highest BCUT2D eigenvalue weighted by molar-refractivity contribution is 5.92. The number of urea groups is 1. The van der Waals surface area contributed by atoms with Crippen LogP contribution in [-0.2, 0) is 29.1 Å². The first kappa shape index (κ1) is 28.2. The van der Waals surface area contributed by atoms with E-state index in [1.54, 1.807) is 45.4 Å². The number of aromatic hydroxyl groups is 1. The van der Waals surface area contributed by atoms with Crippen LogP contribution < -0.4 is 5.32 Å². The van der Waals surface area contributed by atoms with Crippen molar-refractivity contribution >= 4 is 28.9 Å². The van der Waals surface area contributed by atoms with Gasteiger partial charge in [0.25, 0.3) is 0 Å². The molecule has 11 heteroatoms. The fourth-order valence-electron chi connectivity index (χ4n) is 6.03. The van der Waals surface area contributed by atoms with Gasteiger partial charge in [-0.15, -0.1) is 0 Å². The second kappa shape index (κ2) is 12.1. The molecule has 4 aromatic rings. The lowest BCUT2D eigenvalue weighted by molar-refractivity contribution is -0.157. The number of nitrogens with zero attached hydrogens (tertiary/aromatic N) is 5. The molecule has 0 saturated carbocycles. The first-order valence-corrected chi connectivity index (χ1v) is 14.6. The van der Waals surface area contributed by atoms with Crippen LogP contribution in [0.15, 0.2) is 79.1 Å². The maximum absolute atomic E-state index is 14.1. The Balaban J connectivity index is 1.31. The molecule has 2 fully saturated rings. The molecule has 2 aliphatic rings. The van der Waals surface area contributed by atoms with E-state index in [1.807, 2.05) is 60.5 Å². The number of rotatable bonds is 9. The monoisotopic (exact) mass is 581 g/mol. The molecule has 6 rings (SSSR count). The Hall–Kier alpha value is -4.90. The number of hydrogen-bond donors (Lipinski definition) is 3. The van der Waals surface area contributed by atoms with Gasteiger partial charge in [0.2, 0.25) is 11.8 Å². The third kappa shape index (κ3) is 5.76. The van der Waals surface area contributed by atoms with Crippen molar-refractivity contribution in [1.29, 1.82) is 0 Å². The molecular formula is C32H35N7O4. The molecule has 0 bridgehead atoms. The van der Waals surface area contributed by atoms with E-state index in [9.17, 15) is 19.5 Å². The first-order valence-electron chi connectivity index (χ1n) is 14.6. The Bertz CT molecular complexity index is 1610. The number of phenols is 1. The van der Waals surface area contributed by atoms with Crippen molar-refractivity contribution in [3.05, 3.63) is 95.8 Å². The van der Waals surface area contributed by atoms with Crippen LogP contribution in [-0.4, -0.2) is 84.6 Å². The largest absolute Gasteiger partial charge is 0.508 e. The highest BCUT2D eigenvalue weighted by atomic mass is 16.3. The highest BCUT2D eigenvalue weighted by Crippen LogP contribution is 2.31. The summed E-state index contributed by atoms with van der Waals surface area (Å²) in [6.07, 6.45) is 2.08. The van der Waals surface area contributed by atoms with Gasteiger partial charge in [-0.1, -0.05) is 61.5 Å². The lowest BCUT2D eigenvalue weighted by Crippen LogP contribution is -2.66. The van der Waals surface area contributed by atoms with E-state index >= 15 is 0 Å². The van der Waals surface area contributed by atoms with Gasteiger partial charge in [0.05, 0.1) is 30.5 Å². The summed E-state index contributed by atoms with van der Waals surface area (Å²) in [4.78, 5) is 52.3. The van der Waals surface area contributed by atoms with E-state index in [1.165, 1.54) is 0 Å². The van der Waals surface area contributed by atoms with Gasteiger partial charge < -0.3 is 25.2 Å². The van der Waals surface area contributed by atoms with Gasteiger partial charge in [0.15, 0.2) is 0 Å². The minimum Gasteiger partial charge on any atom is -0.508 e. The molecule has 0 spiro atoms. The summed E-state index contributed by atoms with van der Waals surface area (Å²) in [6.45, 7) is 3.31. The molecule has 2 saturated heterocycles. The zero-order chi connectivity index (χ0) is 29.9. The second-order valence-electron chi connectivity index (χ2n) is 11.0. The van der Waals surface area contributed by atoms with Crippen molar-refractivity contribution in [2.75, 3.05) is 19.6 Å². The van der Waals surface area contributed by atoms with Crippen molar-refractivity contribution in [2.24, 2.45) is 0 Å². The number of aromatic nitrogens is 2. The van der Waals surface area contributed by atoms with Gasteiger partial charge >= 0.3 is 6.03 Å². The fraction of sp³-hybridized carbons (Fsp3) is 0.312. The van der Waals surface area contributed by atoms with E-state index in [-0.39, 0.29) is 43.1 Å². The Morgan fingerprint density at radius 2 is 1.84 bits per heavy atom. The maximum Gasteiger partial charge on any atom is 0.332 e. The number of piperazine rings is 1. The third-order valence-corrected chi connectivity index (χ3v) is 8.09. The molecule has 3 heterocycles. The average Bonchev–Trinajstić information content (AvgIpc) is 3.63. The van der Waals surface area contributed by atoms with Crippen LogP contribution in [0.2, 0.25) is 0 Å². The molecule has 43 heavy (non-hydrogen) atoms. The smallest absolute Gasteiger partial charge is 0.332 e. The Labute approximate surface area is 249 Å². The summed E-state index contributed by atoms with van der Waals surface area (Å²) in [5.41, 5.74) is 4.36. The summed E-state index contributed by atoms with van der Waals surface area (Å²) in [7, 11) is 0. The number of phenolic OH excluding ortho intramolecular Hbond substituents is 1. The lowest BCUT2D eigenvalue weighted by Gasteiger charge is -2.46. The number of imidazole rings is 1. The number of benzene rings is 3. The topological polar surface area (TPSA) is 125 Å². The van der Waals surface area contributed by atoms with Gasteiger partial charge in [-0.05, 0) is 41.3 Å². The van der Waals surface area contributed by atoms with Crippen LogP contribution in [0.1, 0.15) is 30.0 Å². The van der Waals surface area contributed by atoms with Gasteiger partial charge in [0.1, 0.15) is 18.0 Å². The van der Waals surface area contributed by atoms with E-state index in [2.05, 4.69) is 15.3 Å². The van der Waals surface area contributed by atoms with E-state index in [0.29, 0.717) is 26.1 Å². The number of aromatic amines is 1. The SMILES string of the molecule is CCCN(C(=O)NCc1ccccc1)N1CC(=O)N2[C@@H](Cc3ccc(O)cc3)C(=O)N(Cc3cccc4[nH]cnc34)C[C@@H]21. The number of hydrazine groups is 1. The van der Waals surface area contributed by atoms with Crippen LogP contribution >= 0.6 is 0 Å². The zero-order valence-corrected chi connectivity index (χ0v) is 24.0. The highest BCUT2D eigenvalue weighted by Gasteiger charge is 2.52. The van der Waals surface area contributed by atoms with Crippen molar-refractivity contribution in [3.8, 4) is 5.75 Å². The molecule has 2 aliphatic heterocycles. The number of nitrogens with one attached hydrogen (secondary N) is 2. The van der Waals surface area contributed by atoms with Crippen molar-refractivity contribution in [2.45, 2.75) is 45.1 Å². The van der Waals surface area contributed by atoms with Crippen molar-refractivity contribution in [1.82, 2.24) is 35.1 Å². The molecule has 0 radical (unpaired) electrons. The lowest BCUT2D eigenvalue weighted by atomic mass is 9.99. The molecule has 222 valence electrons. The predicted octanol–water partition coefficient (Wildman–Crippen LogP) is 3.23. The van der Waals surface area contributed by atoms with E-state index < -0.39 is 12.2 Å². The molecule has 11 nitrogen and oxygen atoms in total. The molecule has 2 atom stereocenters. The molecule has 1 aromatic heterocycles. The molecule has 3 N–H and O–H groups in total. The summed E-state index contributed by atoms with van der Waals surface area (Å²) in [6, 6.07) is 21.1. The standard InChI is InChI=1S/C32H35N7O4/c1-2-15-37(32(43)33-17-23-7-4-3-5-8-23)38-20-29(41)39-27(16-22-11-13-25(40)14-12-22)31(42)36(19-28(38)39)18-24-9-6-10-26-30(24)35-21-34-26/h3-14,21,27-28,40H,2,15-20H2,1H3,(H,33,43)(H,34,35)/t27-,28+/m0/s1. The Morgan fingerprint density at radius 3 is 2.60 bits per heavy atom. The normalized spacial score (nSPS) is 18.7. The molecular weight excluding hydrogens is 546 g/mol. The number of amides is 4. The number of carbonyl (C=O) groups excluding carboxylic acids is 3. The summed E-state index contributed by atoms with van der Waals surface area (Å²) < 4.78 is 0. The second-order valence-corrected chi connectivity index (χ2v) is 11.0. The molecule has 0 unspecified atom stereocenters. The number of para-hydroxylation sites is 1. The third-order valence-electron chi connectivity index (χ3n) is 8.09. The van der Waals surface area contributed by atoms with Gasteiger partial charge in [-0.2, -0.15) is 5.01 Å². The quantitative estimate of drug-likeness (QED) is 0.279. The van der Waals surface area contributed by atoms with Gasteiger partial charge in [-0.3, -0.25) is 14.6 Å². The number of H-pyrrole nitrogens is 1.